The van der Waals surface area contributed by atoms with Gasteiger partial charge in [0.15, 0.2) is 11.6 Å². The molecule has 1 amide bonds. The maximum absolute atomic E-state index is 13.0. The number of benzene rings is 1. The summed E-state index contributed by atoms with van der Waals surface area (Å²) in [6, 6.07) is 3.64. The quantitative estimate of drug-likeness (QED) is 0.902. The first-order chi connectivity index (χ1) is 9.60. The van der Waals surface area contributed by atoms with Crippen LogP contribution in [0.4, 0.5) is 8.78 Å². The topological polar surface area (TPSA) is 49.8 Å². The van der Waals surface area contributed by atoms with Gasteiger partial charge in [0.2, 0.25) is 5.91 Å². The van der Waals surface area contributed by atoms with Crippen molar-refractivity contribution < 1.29 is 23.4 Å². The molecule has 110 valence electrons. The van der Waals surface area contributed by atoms with Gasteiger partial charge in [-0.2, -0.15) is 0 Å². The van der Waals surface area contributed by atoms with Gasteiger partial charge in [0.05, 0.1) is 19.3 Å². The second-order valence-corrected chi connectivity index (χ2v) is 4.76. The number of hydrogen-bond donors (Lipinski definition) is 1. The lowest BCUT2D eigenvalue weighted by Crippen LogP contribution is -2.46. The first-order valence-electron chi connectivity index (χ1n) is 6.54. The highest BCUT2D eigenvalue weighted by Gasteiger charge is 2.23. The van der Waals surface area contributed by atoms with Crippen molar-refractivity contribution in [3.8, 4) is 0 Å². The molecule has 0 aliphatic carbocycles. The van der Waals surface area contributed by atoms with Crippen molar-refractivity contribution in [2.75, 3.05) is 26.3 Å². The molecule has 0 bridgehead atoms. The van der Waals surface area contributed by atoms with Gasteiger partial charge in [-0.05, 0) is 24.1 Å². The molecular formula is C14H17F2NO3. The zero-order valence-electron chi connectivity index (χ0n) is 11.0. The van der Waals surface area contributed by atoms with Gasteiger partial charge in [0.25, 0.3) is 0 Å². The highest BCUT2D eigenvalue weighted by atomic mass is 19.2. The van der Waals surface area contributed by atoms with Gasteiger partial charge in [-0.1, -0.05) is 6.07 Å². The van der Waals surface area contributed by atoms with Crippen LogP contribution in [0.1, 0.15) is 12.0 Å². The lowest BCUT2D eigenvalue weighted by molar-refractivity contribution is -0.140. The molecule has 1 fully saturated rings. The minimum Gasteiger partial charge on any atom is -0.394 e. The summed E-state index contributed by atoms with van der Waals surface area (Å²) in [6.07, 6.45) is 0.247. The molecule has 1 aliphatic heterocycles. The number of amides is 1. The van der Waals surface area contributed by atoms with E-state index in [-0.39, 0.29) is 25.0 Å². The minimum atomic E-state index is -0.901. The molecule has 0 spiro atoms. The number of nitrogens with zero attached hydrogens (tertiary/aromatic N) is 1. The Hall–Kier alpha value is -1.53. The van der Waals surface area contributed by atoms with Crippen LogP contribution in [-0.2, 0) is 16.0 Å². The zero-order chi connectivity index (χ0) is 14.5. The molecule has 1 atom stereocenters. The van der Waals surface area contributed by atoms with Crippen LogP contribution in [0.3, 0.4) is 0 Å². The van der Waals surface area contributed by atoms with Crippen molar-refractivity contribution in [2.24, 2.45) is 0 Å². The fraction of sp³-hybridized carbons (Fsp3) is 0.500. The van der Waals surface area contributed by atoms with Gasteiger partial charge in [-0.15, -0.1) is 0 Å². The standard InChI is InChI=1S/C14H17F2NO3/c15-12-3-1-10(7-13(12)16)2-4-14(19)17-5-6-20-11(8-17)9-18/h1,3,7,11,18H,2,4-6,8-9H2. The van der Waals surface area contributed by atoms with Gasteiger partial charge >= 0.3 is 0 Å². The third kappa shape index (κ3) is 3.74. The van der Waals surface area contributed by atoms with Crippen LogP contribution in [-0.4, -0.2) is 48.3 Å². The van der Waals surface area contributed by atoms with Crippen molar-refractivity contribution in [2.45, 2.75) is 18.9 Å². The number of aryl methyl sites for hydroxylation is 1. The van der Waals surface area contributed by atoms with E-state index in [0.717, 1.165) is 12.1 Å². The summed E-state index contributed by atoms with van der Waals surface area (Å²) in [5.74, 6) is -1.86. The molecule has 1 heterocycles. The number of carbonyl (C=O) groups is 1. The lowest BCUT2D eigenvalue weighted by Gasteiger charge is -2.32. The van der Waals surface area contributed by atoms with E-state index < -0.39 is 11.6 Å². The summed E-state index contributed by atoms with van der Waals surface area (Å²) in [5, 5.41) is 9.01. The van der Waals surface area contributed by atoms with Gasteiger partial charge in [-0.25, -0.2) is 8.78 Å². The Labute approximate surface area is 116 Å². The van der Waals surface area contributed by atoms with Crippen LogP contribution in [0.5, 0.6) is 0 Å². The average molecular weight is 285 g/mol. The first-order valence-corrected chi connectivity index (χ1v) is 6.54. The van der Waals surface area contributed by atoms with Crippen molar-refractivity contribution in [1.82, 2.24) is 4.90 Å². The van der Waals surface area contributed by atoms with Crippen molar-refractivity contribution in [3.63, 3.8) is 0 Å². The molecule has 2 rings (SSSR count). The first kappa shape index (κ1) is 14.9. The molecule has 0 radical (unpaired) electrons. The molecule has 1 saturated heterocycles. The molecule has 0 saturated carbocycles. The second-order valence-electron chi connectivity index (χ2n) is 4.76. The fourth-order valence-corrected chi connectivity index (χ4v) is 2.16. The third-order valence-electron chi connectivity index (χ3n) is 3.31. The van der Waals surface area contributed by atoms with Crippen molar-refractivity contribution in [3.05, 3.63) is 35.4 Å². The molecule has 20 heavy (non-hydrogen) atoms. The monoisotopic (exact) mass is 285 g/mol. The van der Waals surface area contributed by atoms with E-state index in [9.17, 15) is 13.6 Å². The summed E-state index contributed by atoms with van der Waals surface area (Å²) in [5.41, 5.74) is 0.587. The van der Waals surface area contributed by atoms with E-state index in [1.54, 1.807) is 4.90 Å². The fourth-order valence-electron chi connectivity index (χ4n) is 2.16. The van der Waals surface area contributed by atoms with E-state index in [0.29, 0.717) is 31.7 Å². The Morgan fingerprint density at radius 1 is 1.40 bits per heavy atom. The predicted octanol–water partition coefficient (Wildman–Crippen LogP) is 1.12. The van der Waals surface area contributed by atoms with E-state index >= 15 is 0 Å². The maximum Gasteiger partial charge on any atom is 0.223 e. The Morgan fingerprint density at radius 3 is 2.90 bits per heavy atom. The summed E-state index contributed by atoms with van der Waals surface area (Å²) in [4.78, 5) is 13.6. The molecule has 1 unspecified atom stereocenters. The summed E-state index contributed by atoms with van der Waals surface area (Å²) < 4.78 is 31.1. The number of rotatable bonds is 4. The number of hydrogen-bond acceptors (Lipinski definition) is 3. The molecule has 1 aromatic carbocycles. The Balaban J connectivity index is 1.86. The van der Waals surface area contributed by atoms with E-state index in [1.807, 2.05) is 0 Å². The molecule has 1 N–H and O–H groups in total. The molecule has 6 heteroatoms. The summed E-state index contributed by atoms with van der Waals surface area (Å²) >= 11 is 0. The van der Waals surface area contributed by atoms with Gasteiger partial charge in [0.1, 0.15) is 0 Å². The maximum atomic E-state index is 13.0. The van der Waals surface area contributed by atoms with E-state index in [4.69, 9.17) is 9.84 Å². The Bertz CT molecular complexity index is 481. The Kier molecular flexibility index (Phi) is 5.03. The number of halogens is 2. The molecule has 4 nitrogen and oxygen atoms in total. The van der Waals surface area contributed by atoms with Crippen LogP contribution in [0.15, 0.2) is 18.2 Å². The highest BCUT2D eigenvalue weighted by molar-refractivity contribution is 5.76. The van der Waals surface area contributed by atoms with Gasteiger partial charge < -0.3 is 14.7 Å². The zero-order valence-corrected chi connectivity index (χ0v) is 11.0. The van der Waals surface area contributed by atoms with Crippen LogP contribution >= 0.6 is 0 Å². The predicted molar refractivity (Wildman–Crippen MR) is 68.1 cm³/mol. The van der Waals surface area contributed by atoms with Crippen LogP contribution in [0.2, 0.25) is 0 Å². The number of ether oxygens (including phenoxy) is 1. The summed E-state index contributed by atoms with van der Waals surface area (Å²) in [6.45, 7) is 1.15. The molecular weight excluding hydrogens is 268 g/mol. The lowest BCUT2D eigenvalue weighted by atomic mass is 10.1. The normalized spacial score (nSPS) is 19.1. The highest BCUT2D eigenvalue weighted by Crippen LogP contribution is 2.12. The molecule has 1 aromatic rings. The smallest absolute Gasteiger partial charge is 0.223 e. The van der Waals surface area contributed by atoms with Crippen molar-refractivity contribution >= 4 is 5.91 Å². The summed E-state index contributed by atoms with van der Waals surface area (Å²) in [7, 11) is 0. The number of carbonyl (C=O) groups excluding carboxylic acids is 1. The van der Waals surface area contributed by atoms with Crippen LogP contribution in [0.25, 0.3) is 0 Å². The molecule has 0 aromatic heterocycles. The molecule has 1 aliphatic rings. The largest absolute Gasteiger partial charge is 0.394 e. The number of aliphatic hydroxyl groups excluding tert-OH is 1. The minimum absolute atomic E-state index is 0.0727. The second kappa shape index (κ2) is 6.76. The van der Waals surface area contributed by atoms with Gasteiger partial charge in [0, 0.05) is 19.5 Å². The van der Waals surface area contributed by atoms with E-state index in [2.05, 4.69) is 0 Å². The van der Waals surface area contributed by atoms with Gasteiger partial charge in [-0.3, -0.25) is 4.79 Å². The Morgan fingerprint density at radius 2 is 2.20 bits per heavy atom. The average Bonchev–Trinajstić information content (AvgIpc) is 2.48. The van der Waals surface area contributed by atoms with Crippen LogP contribution < -0.4 is 0 Å². The number of aliphatic hydroxyl groups is 1. The third-order valence-corrected chi connectivity index (χ3v) is 3.31. The van der Waals surface area contributed by atoms with E-state index in [1.165, 1.54) is 6.07 Å². The number of morpholine rings is 1. The van der Waals surface area contributed by atoms with Crippen LogP contribution in [0, 0.1) is 11.6 Å². The SMILES string of the molecule is O=C(CCc1ccc(F)c(F)c1)N1CCOC(CO)C1. The van der Waals surface area contributed by atoms with Crippen molar-refractivity contribution in [1.29, 1.82) is 0 Å².